The second-order valence-electron chi connectivity index (χ2n) is 6.56. The first-order chi connectivity index (χ1) is 14.0. The van der Waals surface area contributed by atoms with Crippen molar-refractivity contribution in [1.29, 1.82) is 0 Å². The van der Waals surface area contributed by atoms with Crippen LogP contribution < -0.4 is 5.32 Å². The molecule has 0 aliphatic heterocycles. The second kappa shape index (κ2) is 8.11. The molecule has 3 aromatic carbocycles. The lowest BCUT2D eigenvalue weighted by atomic mass is 10.2. The highest BCUT2D eigenvalue weighted by atomic mass is 35.5. The van der Waals surface area contributed by atoms with Crippen LogP contribution in [0, 0.1) is 6.92 Å². The first kappa shape index (κ1) is 19.2. The quantitative estimate of drug-likeness (QED) is 0.369. The molecule has 0 aliphatic rings. The van der Waals surface area contributed by atoms with Crippen molar-refractivity contribution in [2.45, 2.75) is 6.92 Å². The molecule has 0 saturated heterocycles. The Morgan fingerprint density at radius 1 is 1.03 bits per heavy atom. The van der Waals surface area contributed by atoms with Crippen LogP contribution in [0.2, 0.25) is 10.0 Å². The average molecular weight is 423 g/mol. The van der Waals surface area contributed by atoms with Crippen LogP contribution in [0.15, 0.2) is 71.2 Å². The van der Waals surface area contributed by atoms with Crippen LogP contribution >= 0.6 is 23.2 Å². The molecule has 0 spiro atoms. The van der Waals surface area contributed by atoms with Gasteiger partial charge in [-0.15, -0.1) is 0 Å². The van der Waals surface area contributed by atoms with Crippen LogP contribution in [-0.4, -0.2) is 10.9 Å². The van der Waals surface area contributed by atoms with Gasteiger partial charge >= 0.3 is 0 Å². The minimum absolute atomic E-state index is 0.299. The molecule has 4 nitrogen and oxygen atoms in total. The van der Waals surface area contributed by atoms with Crippen LogP contribution in [0.4, 0.5) is 5.69 Å². The molecule has 144 valence electrons. The standard InChI is InChI=1S/C23H16Cl2N2O2/c1-14-2-10-19-21(12-14)29-23(27-19)16-6-9-18(25)20(13-16)26-22(28)11-5-15-3-7-17(24)8-4-15/h2-13H,1H3,(H,26,28)/b11-5+. The van der Waals surface area contributed by atoms with Gasteiger partial charge < -0.3 is 9.73 Å². The van der Waals surface area contributed by atoms with Gasteiger partial charge in [-0.25, -0.2) is 4.98 Å². The number of nitrogens with zero attached hydrogens (tertiary/aromatic N) is 1. The summed E-state index contributed by atoms with van der Waals surface area (Å²) in [7, 11) is 0. The van der Waals surface area contributed by atoms with E-state index in [0.29, 0.717) is 27.2 Å². The monoisotopic (exact) mass is 422 g/mol. The highest BCUT2D eigenvalue weighted by molar-refractivity contribution is 6.34. The summed E-state index contributed by atoms with van der Waals surface area (Å²) in [5, 5.41) is 3.86. The third kappa shape index (κ3) is 4.50. The molecule has 4 aromatic rings. The maximum Gasteiger partial charge on any atom is 0.248 e. The van der Waals surface area contributed by atoms with E-state index in [9.17, 15) is 4.79 Å². The zero-order valence-corrected chi connectivity index (χ0v) is 17.0. The molecular formula is C23H16Cl2N2O2. The summed E-state index contributed by atoms with van der Waals surface area (Å²) in [5.74, 6) is 0.168. The van der Waals surface area contributed by atoms with Crippen molar-refractivity contribution < 1.29 is 9.21 Å². The molecule has 6 heteroatoms. The van der Waals surface area contributed by atoms with Crippen molar-refractivity contribution in [3.05, 3.63) is 87.9 Å². The summed E-state index contributed by atoms with van der Waals surface area (Å²) in [6, 6.07) is 18.3. The number of rotatable bonds is 4. The van der Waals surface area contributed by atoms with Gasteiger partial charge in [0.05, 0.1) is 10.7 Å². The third-order valence-electron chi connectivity index (χ3n) is 4.31. The molecule has 0 aliphatic carbocycles. The molecule has 1 N–H and O–H groups in total. The van der Waals surface area contributed by atoms with Gasteiger partial charge in [-0.1, -0.05) is 41.4 Å². The minimum atomic E-state index is -0.299. The number of aromatic nitrogens is 1. The molecule has 1 amide bonds. The maximum atomic E-state index is 12.3. The summed E-state index contributed by atoms with van der Waals surface area (Å²) in [6.45, 7) is 2.00. The molecule has 1 heterocycles. The third-order valence-corrected chi connectivity index (χ3v) is 4.89. The van der Waals surface area contributed by atoms with Crippen molar-refractivity contribution in [3.63, 3.8) is 0 Å². The molecular weight excluding hydrogens is 407 g/mol. The van der Waals surface area contributed by atoms with Gasteiger partial charge in [0.15, 0.2) is 5.58 Å². The number of hydrogen-bond acceptors (Lipinski definition) is 3. The van der Waals surface area contributed by atoms with Gasteiger partial charge in [-0.2, -0.15) is 0 Å². The van der Waals surface area contributed by atoms with Crippen molar-refractivity contribution in [3.8, 4) is 11.5 Å². The number of halogens is 2. The van der Waals surface area contributed by atoms with Gasteiger partial charge in [-0.3, -0.25) is 4.79 Å². The number of fused-ring (bicyclic) bond motifs is 1. The number of nitrogens with one attached hydrogen (secondary N) is 1. The van der Waals surface area contributed by atoms with E-state index in [1.165, 1.54) is 6.08 Å². The number of aryl methyl sites for hydroxylation is 1. The molecule has 4 rings (SSSR count). The number of oxazole rings is 1. The smallest absolute Gasteiger partial charge is 0.248 e. The number of benzene rings is 3. The first-order valence-corrected chi connectivity index (χ1v) is 9.65. The highest BCUT2D eigenvalue weighted by Gasteiger charge is 2.12. The van der Waals surface area contributed by atoms with E-state index in [2.05, 4.69) is 10.3 Å². The lowest BCUT2D eigenvalue weighted by molar-refractivity contribution is -0.111. The lowest BCUT2D eigenvalue weighted by Gasteiger charge is -2.06. The van der Waals surface area contributed by atoms with E-state index in [0.717, 1.165) is 22.2 Å². The number of carbonyl (C=O) groups excluding carboxylic acids is 1. The lowest BCUT2D eigenvalue weighted by Crippen LogP contribution is -2.08. The van der Waals surface area contributed by atoms with Crippen LogP contribution in [0.3, 0.4) is 0 Å². The van der Waals surface area contributed by atoms with E-state index >= 15 is 0 Å². The summed E-state index contributed by atoms with van der Waals surface area (Å²) in [5.41, 5.74) is 4.65. The normalized spacial score (nSPS) is 11.3. The van der Waals surface area contributed by atoms with Crippen LogP contribution in [0.1, 0.15) is 11.1 Å². The molecule has 0 atom stereocenters. The van der Waals surface area contributed by atoms with Crippen molar-refractivity contribution in [2.24, 2.45) is 0 Å². The topological polar surface area (TPSA) is 55.1 Å². The zero-order valence-electron chi connectivity index (χ0n) is 15.4. The van der Waals surface area contributed by atoms with E-state index in [4.69, 9.17) is 27.6 Å². The summed E-state index contributed by atoms with van der Waals surface area (Å²) in [4.78, 5) is 16.8. The van der Waals surface area contributed by atoms with Gasteiger partial charge in [0.1, 0.15) is 5.52 Å². The first-order valence-electron chi connectivity index (χ1n) is 8.90. The molecule has 0 unspecified atom stereocenters. The van der Waals surface area contributed by atoms with Gasteiger partial charge in [0, 0.05) is 16.7 Å². The number of amides is 1. The Kier molecular flexibility index (Phi) is 5.38. The predicted octanol–water partition coefficient (Wildman–Crippen LogP) is 6.76. The highest BCUT2D eigenvalue weighted by Crippen LogP contribution is 2.30. The molecule has 0 saturated carbocycles. The Hall–Kier alpha value is -3.08. The van der Waals surface area contributed by atoms with E-state index in [1.807, 2.05) is 37.3 Å². The Morgan fingerprint density at radius 3 is 2.62 bits per heavy atom. The van der Waals surface area contributed by atoms with Gasteiger partial charge in [-0.05, 0) is 66.6 Å². The minimum Gasteiger partial charge on any atom is -0.436 e. The Labute approximate surface area is 177 Å². The van der Waals surface area contributed by atoms with Gasteiger partial charge in [0.2, 0.25) is 11.8 Å². The van der Waals surface area contributed by atoms with Crippen LogP contribution in [-0.2, 0) is 4.79 Å². The van der Waals surface area contributed by atoms with Crippen molar-refractivity contribution >= 4 is 52.0 Å². The van der Waals surface area contributed by atoms with Crippen molar-refractivity contribution in [1.82, 2.24) is 4.98 Å². The van der Waals surface area contributed by atoms with Crippen molar-refractivity contribution in [2.75, 3.05) is 5.32 Å². The van der Waals surface area contributed by atoms with E-state index < -0.39 is 0 Å². The number of carbonyl (C=O) groups is 1. The molecule has 0 fully saturated rings. The zero-order chi connectivity index (χ0) is 20.4. The molecule has 29 heavy (non-hydrogen) atoms. The van der Waals surface area contributed by atoms with Gasteiger partial charge in [0.25, 0.3) is 0 Å². The fourth-order valence-electron chi connectivity index (χ4n) is 2.83. The average Bonchev–Trinajstić information content (AvgIpc) is 3.12. The summed E-state index contributed by atoms with van der Waals surface area (Å²) >= 11 is 12.1. The summed E-state index contributed by atoms with van der Waals surface area (Å²) in [6.07, 6.45) is 3.14. The maximum absolute atomic E-state index is 12.3. The Balaban J connectivity index is 1.56. The largest absolute Gasteiger partial charge is 0.436 e. The number of anilines is 1. The van der Waals surface area contributed by atoms with Crippen LogP contribution in [0.25, 0.3) is 28.6 Å². The number of hydrogen-bond donors (Lipinski definition) is 1. The molecule has 0 bridgehead atoms. The molecule has 0 radical (unpaired) electrons. The van der Waals surface area contributed by atoms with E-state index in [1.54, 1.807) is 36.4 Å². The fourth-order valence-corrected chi connectivity index (χ4v) is 3.12. The predicted molar refractivity (Wildman–Crippen MR) is 118 cm³/mol. The molecule has 1 aromatic heterocycles. The Morgan fingerprint density at radius 2 is 1.83 bits per heavy atom. The van der Waals surface area contributed by atoms with Crippen LogP contribution in [0.5, 0.6) is 0 Å². The fraction of sp³-hybridized carbons (Fsp3) is 0.0435. The second-order valence-corrected chi connectivity index (χ2v) is 7.40. The Bertz CT molecular complexity index is 1230. The van der Waals surface area contributed by atoms with E-state index in [-0.39, 0.29) is 5.91 Å². The SMILES string of the molecule is Cc1ccc2nc(-c3ccc(Cl)c(NC(=O)/C=C/c4ccc(Cl)cc4)c3)oc2c1. The summed E-state index contributed by atoms with van der Waals surface area (Å²) < 4.78 is 5.86.